The Morgan fingerprint density at radius 2 is 1.86 bits per heavy atom. The van der Waals surface area contributed by atoms with Crippen molar-refractivity contribution in [1.82, 2.24) is 10.2 Å². The molecule has 1 saturated heterocycles. The van der Waals surface area contributed by atoms with Crippen molar-refractivity contribution in [3.8, 4) is 0 Å². The summed E-state index contributed by atoms with van der Waals surface area (Å²) in [6.07, 6.45) is 1.70. The summed E-state index contributed by atoms with van der Waals surface area (Å²) in [5.41, 5.74) is 0.323. The first-order chi connectivity index (χ1) is 10.4. The summed E-state index contributed by atoms with van der Waals surface area (Å²) in [4.78, 5) is 15.4. The zero-order valence-corrected chi connectivity index (χ0v) is 14.2. The Morgan fingerprint density at radius 3 is 2.41 bits per heavy atom. The van der Waals surface area contributed by atoms with Crippen LogP contribution in [0.5, 0.6) is 0 Å². The van der Waals surface area contributed by atoms with Gasteiger partial charge in [0.2, 0.25) is 5.91 Å². The molecule has 0 spiro atoms. The first kappa shape index (κ1) is 17.0. The standard InChI is InChI=1S/C18H28N2O2/c1-17(2,14-22-4)19-16(21)18(10-12-20(3)13-11-18)15-8-6-5-7-9-15/h5-9H,10-14H2,1-4H3,(H,19,21). The molecule has 1 heterocycles. The predicted molar refractivity (Wildman–Crippen MR) is 88.9 cm³/mol. The summed E-state index contributed by atoms with van der Waals surface area (Å²) in [6, 6.07) is 10.2. The number of piperidine rings is 1. The molecule has 1 aliphatic rings. The lowest BCUT2D eigenvalue weighted by atomic mass is 9.71. The Balaban J connectivity index is 2.27. The summed E-state index contributed by atoms with van der Waals surface area (Å²) in [7, 11) is 3.78. The lowest BCUT2D eigenvalue weighted by Gasteiger charge is -2.41. The highest BCUT2D eigenvalue weighted by molar-refractivity contribution is 5.89. The first-order valence-electron chi connectivity index (χ1n) is 7.95. The van der Waals surface area contributed by atoms with Gasteiger partial charge in [0.1, 0.15) is 0 Å². The van der Waals surface area contributed by atoms with Crippen molar-refractivity contribution in [2.45, 2.75) is 37.6 Å². The molecule has 0 aliphatic carbocycles. The number of amides is 1. The molecule has 22 heavy (non-hydrogen) atoms. The third kappa shape index (κ3) is 3.68. The van der Waals surface area contributed by atoms with E-state index in [1.807, 2.05) is 32.0 Å². The van der Waals surface area contributed by atoms with Crippen LogP contribution in [0.25, 0.3) is 0 Å². The van der Waals surface area contributed by atoms with Crippen LogP contribution in [0.1, 0.15) is 32.3 Å². The average molecular weight is 304 g/mol. The molecule has 1 N–H and O–H groups in total. The molecule has 0 saturated carbocycles. The van der Waals surface area contributed by atoms with E-state index in [1.165, 1.54) is 0 Å². The molecule has 0 atom stereocenters. The van der Waals surface area contributed by atoms with E-state index in [0.717, 1.165) is 31.5 Å². The lowest BCUT2D eigenvalue weighted by molar-refractivity contribution is -0.130. The number of hydrogen-bond acceptors (Lipinski definition) is 3. The van der Waals surface area contributed by atoms with Gasteiger partial charge in [0.15, 0.2) is 0 Å². The number of methoxy groups -OCH3 is 1. The van der Waals surface area contributed by atoms with Crippen molar-refractivity contribution in [2.24, 2.45) is 0 Å². The quantitative estimate of drug-likeness (QED) is 0.906. The molecule has 1 aromatic rings. The van der Waals surface area contributed by atoms with Gasteiger partial charge in [-0.1, -0.05) is 30.3 Å². The average Bonchev–Trinajstić information content (AvgIpc) is 2.48. The molecule has 1 fully saturated rings. The number of nitrogens with one attached hydrogen (secondary N) is 1. The number of ether oxygens (including phenoxy) is 1. The molecule has 0 radical (unpaired) electrons. The number of carbonyl (C=O) groups is 1. The summed E-state index contributed by atoms with van der Waals surface area (Å²) >= 11 is 0. The molecule has 0 aromatic heterocycles. The maximum atomic E-state index is 13.1. The van der Waals surface area contributed by atoms with E-state index in [1.54, 1.807) is 7.11 Å². The van der Waals surface area contributed by atoms with E-state index in [2.05, 4.69) is 29.4 Å². The smallest absolute Gasteiger partial charge is 0.231 e. The second kappa shape index (κ2) is 6.80. The van der Waals surface area contributed by atoms with Crippen LogP contribution in [-0.2, 0) is 14.9 Å². The van der Waals surface area contributed by atoms with Crippen LogP contribution < -0.4 is 5.32 Å². The van der Waals surface area contributed by atoms with Gasteiger partial charge in [-0.15, -0.1) is 0 Å². The van der Waals surface area contributed by atoms with Gasteiger partial charge >= 0.3 is 0 Å². The fraction of sp³-hybridized carbons (Fsp3) is 0.611. The predicted octanol–water partition coefficient (Wildman–Crippen LogP) is 2.19. The summed E-state index contributed by atoms with van der Waals surface area (Å²) < 4.78 is 5.23. The molecule has 1 amide bonds. The third-order valence-corrected chi connectivity index (χ3v) is 4.56. The molecular weight excluding hydrogens is 276 g/mol. The van der Waals surface area contributed by atoms with Gasteiger partial charge in [-0.3, -0.25) is 4.79 Å². The minimum Gasteiger partial charge on any atom is -0.382 e. The highest BCUT2D eigenvalue weighted by Gasteiger charge is 2.43. The van der Waals surface area contributed by atoms with E-state index in [4.69, 9.17) is 4.74 Å². The van der Waals surface area contributed by atoms with Crippen molar-refractivity contribution in [1.29, 1.82) is 0 Å². The fourth-order valence-corrected chi connectivity index (χ4v) is 3.23. The van der Waals surface area contributed by atoms with Crippen molar-refractivity contribution in [3.05, 3.63) is 35.9 Å². The largest absolute Gasteiger partial charge is 0.382 e. The van der Waals surface area contributed by atoms with Crippen molar-refractivity contribution >= 4 is 5.91 Å². The fourth-order valence-electron chi connectivity index (χ4n) is 3.23. The molecule has 4 nitrogen and oxygen atoms in total. The van der Waals surface area contributed by atoms with E-state index in [9.17, 15) is 4.79 Å². The monoisotopic (exact) mass is 304 g/mol. The maximum absolute atomic E-state index is 13.1. The van der Waals surface area contributed by atoms with Gasteiger partial charge in [0.05, 0.1) is 17.6 Å². The van der Waals surface area contributed by atoms with Crippen LogP contribution in [0, 0.1) is 0 Å². The van der Waals surface area contributed by atoms with Gasteiger partial charge in [-0.05, 0) is 52.4 Å². The zero-order chi connectivity index (χ0) is 16.2. The lowest BCUT2D eigenvalue weighted by Crippen LogP contribution is -2.57. The number of rotatable bonds is 5. The van der Waals surface area contributed by atoms with Crippen LogP contribution in [0.2, 0.25) is 0 Å². The SMILES string of the molecule is COCC(C)(C)NC(=O)C1(c2ccccc2)CCN(C)CC1. The second-order valence-corrected chi connectivity index (χ2v) is 7.02. The van der Waals surface area contributed by atoms with Gasteiger partial charge in [-0.2, -0.15) is 0 Å². The molecule has 1 aliphatic heterocycles. The molecule has 2 rings (SSSR count). The Hall–Kier alpha value is -1.39. The Morgan fingerprint density at radius 1 is 1.27 bits per heavy atom. The second-order valence-electron chi connectivity index (χ2n) is 7.02. The summed E-state index contributed by atoms with van der Waals surface area (Å²) in [6.45, 7) is 6.38. The summed E-state index contributed by atoms with van der Waals surface area (Å²) in [5, 5.41) is 3.20. The van der Waals surface area contributed by atoms with Crippen molar-refractivity contribution in [3.63, 3.8) is 0 Å². The number of benzene rings is 1. The first-order valence-corrected chi connectivity index (χ1v) is 7.95. The van der Waals surface area contributed by atoms with Crippen molar-refractivity contribution < 1.29 is 9.53 Å². The minimum atomic E-state index is -0.432. The zero-order valence-electron chi connectivity index (χ0n) is 14.2. The van der Waals surface area contributed by atoms with Gasteiger partial charge in [0.25, 0.3) is 0 Å². The van der Waals surface area contributed by atoms with E-state index in [0.29, 0.717) is 6.61 Å². The Bertz CT molecular complexity index is 491. The van der Waals surface area contributed by atoms with Gasteiger partial charge in [0, 0.05) is 7.11 Å². The molecule has 0 bridgehead atoms. The number of carbonyl (C=O) groups excluding carboxylic acids is 1. The van der Waals surface area contributed by atoms with Crippen LogP contribution in [0.4, 0.5) is 0 Å². The minimum absolute atomic E-state index is 0.119. The van der Waals surface area contributed by atoms with Gasteiger partial charge < -0.3 is 15.0 Å². The highest BCUT2D eigenvalue weighted by atomic mass is 16.5. The van der Waals surface area contributed by atoms with E-state index in [-0.39, 0.29) is 11.4 Å². The maximum Gasteiger partial charge on any atom is 0.231 e. The summed E-state index contributed by atoms with van der Waals surface area (Å²) in [5.74, 6) is 0.119. The van der Waals surface area contributed by atoms with Crippen molar-refractivity contribution in [2.75, 3.05) is 33.9 Å². The Kier molecular flexibility index (Phi) is 5.24. The molecule has 4 heteroatoms. The molecule has 1 aromatic carbocycles. The molecule has 0 unspecified atom stereocenters. The highest BCUT2D eigenvalue weighted by Crippen LogP contribution is 2.36. The Labute approximate surface area is 133 Å². The van der Waals surface area contributed by atoms with E-state index >= 15 is 0 Å². The van der Waals surface area contributed by atoms with E-state index < -0.39 is 5.41 Å². The van der Waals surface area contributed by atoms with Crippen LogP contribution in [-0.4, -0.2) is 50.2 Å². The number of hydrogen-bond donors (Lipinski definition) is 1. The van der Waals surface area contributed by atoms with Crippen LogP contribution in [0.15, 0.2) is 30.3 Å². The van der Waals surface area contributed by atoms with Gasteiger partial charge in [-0.25, -0.2) is 0 Å². The van der Waals surface area contributed by atoms with Crippen LogP contribution in [0.3, 0.4) is 0 Å². The number of nitrogens with zero attached hydrogens (tertiary/aromatic N) is 1. The normalized spacial score (nSPS) is 18.9. The molecular formula is C18H28N2O2. The third-order valence-electron chi connectivity index (χ3n) is 4.56. The van der Waals surface area contributed by atoms with Crippen LogP contribution >= 0.6 is 0 Å². The topological polar surface area (TPSA) is 41.6 Å². The molecule has 122 valence electrons. The number of likely N-dealkylation sites (tertiary alicyclic amines) is 1.